The summed E-state index contributed by atoms with van der Waals surface area (Å²) in [5.41, 5.74) is 5.68. The van der Waals surface area contributed by atoms with E-state index in [9.17, 15) is 0 Å². The number of aromatic nitrogens is 2. The highest BCUT2D eigenvalue weighted by molar-refractivity contribution is 7.99. The van der Waals surface area contributed by atoms with Crippen LogP contribution in [0.5, 0.6) is 0 Å². The molecule has 0 fully saturated rings. The van der Waals surface area contributed by atoms with Crippen LogP contribution in [0.15, 0.2) is 17.6 Å². The van der Waals surface area contributed by atoms with Crippen molar-refractivity contribution in [3.05, 3.63) is 12.4 Å². The minimum absolute atomic E-state index is 0.266. The second kappa shape index (κ2) is 4.52. The van der Waals surface area contributed by atoms with Crippen molar-refractivity contribution in [2.24, 2.45) is 5.73 Å². The van der Waals surface area contributed by atoms with Crippen LogP contribution in [-0.2, 0) is 0 Å². The number of rotatable bonds is 4. The molecule has 0 spiro atoms. The number of nitrogens with two attached hydrogens (primary N) is 1. The monoisotopic (exact) mass is 185 g/mol. The zero-order valence-corrected chi connectivity index (χ0v) is 8.27. The van der Waals surface area contributed by atoms with Gasteiger partial charge in [-0.1, -0.05) is 18.7 Å². The van der Waals surface area contributed by atoms with Gasteiger partial charge in [0.05, 0.1) is 0 Å². The molecule has 1 aromatic rings. The summed E-state index contributed by atoms with van der Waals surface area (Å²) in [5, 5.41) is 1.50. The van der Waals surface area contributed by atoms with E-state index in [2.05, 4.69) is 16.9 Å². The highest BCUT2D eigenvalue weighted by Gasteiger charge is 2.07. The van der Waals surface area contributed by atoms with Gasteiger partial charge in [-0.15, -0.1) is 0 Å². The largest absolute Gasteiger partial charge is 0.340 e. The van der Waals surface area contributed by atoms with Gasteiger partial charge in [-0.3, -0.25) is 0 Å². The predicted octanol–water partition coefficient (Wildman–Crippen LogP) is 1.63. The first-order chi connectivity index (χ1) is 5.68. The lowest BCUT2D eigenvalue weighted by atomic mass is 10.2. The van der Waals surface area contributed by atoms with Crippen molar-refractivity contribution in [2.45, 2.75) is 36.7 Å². The van der Waals surface area contributed by atoms with Crippen molar-refractivity contribution in [1.82, 2.24) is 9.97 Å². The SMILES string of the molecule is CC(N)CC(C)Sc1ncc[nH]1. The Kier molecular flexibility index (Phi) is 3.62. The van der Waals surface area contributed by atoms with E-state index in [1.807, 2.05) is 13.1 Å². The van der Waals surface area contributed by atoms with Crippen molar-refractivity contribution in [1.29, 1.82) is 0 Å². The van der Waals surface area contributed by atoms with Crippen molar-refractivity contribution in [3.8, 4) is 0 Å². The summed E-state index contributed by atoms with van der Waals surface area (Å²) in [4.78, 5) is 7.18. The fraction of sp³-hybridized carbons (Fsp3) is 0.625. The maximum Gasteiger partial charge on any atom is 0.165 e. The Morgan fingerprint density at radius 2 is 2.42 bits per heavy atom. The molecule has 4 heteroatoms. The molecule has 0 aliphatic heterocycles. The van der Waals surface area contributed by atoms with Gasteiger partial charge in [0.25, 0.3) is 0 Å². The third-order valence-electron chi connectivity index (χ3n) is 1.49. The van der Waals surface area contributed by atoms with Gasteiger partial charge in [-0.2, -0.15) is 0 Å². The van der Waals surface area contributed by atoms with Gasteiger partial charge in [0.15, 0.2) is 5.16 Å². The highest BCUT2D eigenvalue weighted by atomic mass is 32.2. The first kappa shape index (κ1) is 9.61. The fourth-order valence-electron chi connectivity index (χ4n) is 1.08. The molecule has 68 valence electrons. The molecule has 0 amide bonds. The molecule has 0 aliphatic carbocycles. The molecule has 0 bridgehead atoms. The standard InChI is InChI=1S/C8H15N3S/c1-6(9)5-7(2)12-8-10-3-4-11-8/h3-4,6-7H,5,9H2,1-2H3,(H,10,11). The van der Waals surface area contributed by atoms with E-state index >= 15 is 0 Å². The Hall–Kier alpha value is -0.480. The van der Waals surface area contributed by atoms with Crippen molar-refractivity contribution in [3.63, 3.8) is 0 Å². The Labute approximate surface area is 77.1 Å². The molecule has 2 unspecified atom stereocenters. The smallest absolute Gasteiger partial charge is 0.165 e. The molecule has 12 heavy (non-hydrogen) atoms. The molecule has 3 nitrogen and oxygen atoms in total. The van der Waals surface area contributed by atoms with Crippen LogP contribution in [0, 0.1) is 0 Å². The Balaban J connectivity index is 2.32. The maximum absolute atomic E-state index is 5.68. The third kappa shape index (κ3) is 3.28. The molecule has 2 atom stereocenters. The van der Waals surface area contributed by atoms with E-state index in [1.54, 1.807) is 18.0 Å². The number of aromatic amines is 1. The van der Waals surface area contributed by atoms with E-state index in [4.69, 9.17) is 5.73 Å². The minimum atomic E-state index is 0.266. The first-order valence-electron chi connectivity index (χ1n) is 4.10. The lowest BCUT2D eigenvalue weighted by molar-refractivity contribution is 0.662. The quantitative estimate of drug-likeness (QED) is 0.701. The van der Waals surface area contributed by atoms with Crippen LogP contribution in [0.1, 0.15) is 20.3 Å². The highest BCUT2D eigenvalue weighted by Crippen LogP contribution is 2.21. The summed E-state index contributed by atoms with van der Waals surface area (Å²) in [6.45, 7) is 4.19. The number of thioether (sulfide) groups is 1. The summed E-state index contributed by atoms with van der Waals surface area (Å²) >= 11 is 1.73. The normalized spacial score (nSPS) is 15.9. The fourth-order valence-corrected chi connectivity index (χ4v) is 2.12. The maximum atomic E-state index is 5.68. The van der Waals surface area contributed by atoms with E-state index in [-0.39, 0.29) is 6.04 Å². The molecular formula is C8H15N3S. The van der Waals surface area contributed by atoms with Crippen molar-refractivity contribution < 1.29 is 0 Å². The lowest BCUT2D eigenvalue weighted by Gasteiger charge is -2.11. The van der Waals surface area contributed by atoms with E-state index in [0.717, 1.165) is 11.6 Å². The summed E-state index contributed by atoms with van der Waals surface area (Å²) < 4.78 is 0. The zero-order chi connectivity index (χ0) is 8.97. The third-order valence-corrected chi connectivity index (χ3v) is 2.53. The number of nitrogens with one attached hydrogen (secondary N) is 1. The average Bonchev–Trinajstić information content (AvgIpc) is 2.37. The van der Waals surface area contributed by atoms with Gasteiger partial charge >= 0.3 is 0 Å². The van der Waals surface area contributed by atoms with Crippen LogP contribution in [0.2, 0.25) is 0 Å². The van der Waals surface area contributed by atoms with Gasteiger partial charge in [-0.05, 0) is 13.3 Å². The second-order valence-corrected chi connectivity index (χ2v) is 4.46. The van der Waals surface area contributed by atoms with Gasteiger partial charge in [0.1, 0.15) is 0 Å². The molecule has 0 aliphatic rings. The summed E-state index contributed by atoms with van der Waals surface area (Å²) in [7, 11) is 0. The molecule has 0 saturated carbocycles. The number of imidazole rings is 1. The van der Waals surface area contributed by atoms with Crippen LogP contribution < -0.4 is 5.73 Å². The number of H-pyrrole nitrogens is 1. The van der Waals surface area contributed by atoms with Gasteiger partial charge < -0.3 is 10.7 Å². The number of nitrogens with zero attached hydrogens (tertiary/aromatic N) is 1. The van der Waals surface area contributed by atoms with Gasteiger partial charge in [0.2, 0.25) is 0 Å². The zero-order valence-electron chi connectivity index (χ0n) is 7.45. The molecule has 1 rings (SSSR count). The van der Waals surface area contributed by atoms with Gasteiger partial charge in [0, 0.05) is 23.7 Å². The Bertz CT molecular complexity index is 208. The summed E-state index contributed by atoms with van der Waals surface area (Å²) in [5.74, 6) is 0. The topological polar surface area (TPSA) is 54.7 Å². The second-order valence-electron chi connectivity index (χ2n) is 3.04. The molecular weight excluding hydrogens is 170 g/mol. The van der Waals surface area contributed by atoms with Crippen LogP contribution in [0.3, 0.4) is 0 Å². The summed E-state index contributed by atoms with van der Waals surface area (Å²) in [6.07, 6.45) is 4.62. The van der Waals surface area contributed by atoms with Crippen molar-refractivity contribution in [2.75, 3.05) is 0 Å². The van der Waals surface area contributed by atoms with E-state index < -0.39 is 0 Å². The molecule has 0 radical (unpaired) electrons. The molecule has 3 N–H and O–H groups in total. The molecule has 0 saturated heterocycles. The Morgan fingerprint density at radius 1 is 1.67 bits per heavy atom. The van der Waals surface area contributed by atoms with Crippen LogP contribution in [-0.4, -0.2) is 21.3 Å². The van der Waals surface area contributed by atoms with Crippen molar-refractivity contribution >= 4 is 11.8 Å². The molecule has 0 aromatic carbocycles. The first-order valence-corrected chi connectivity index (χ1v) is 4.98. The van der Waals surface area contributed by atoms with Gasteiger partial charge in [-0.25, -0.2) is 4.98 Å². The lowest BCUT2D eigenvalue weighted by Crippen LogP contribution is -2.19. The minimum Gasteiger partial charge on any atom is -0.340 e. The van der Waals surface area contributed by atoms with Crippen LogP contribution in [0.4, 0.5) is 0 Å². The molecule has 1 heterocycles. The summed E-state index contributed by atoms with van der Waals surface area (Å²) in [6, 6.07) is 0.266. The average molecular weight is 185 g/mol. The Morgan fingerprint density at radius 3 is 2.92 bits per heavy atom. The van der Waals surface area contributed by atoms with Crippen LogP contribution >= 0.6 is 11.8 Å². The van der Waals surface area contributed by atoms with Crippen LogP contribution in [0.25, 0.3) is 0 Å². The number of hydrogen-bond donors (Lipinski definition) is 2. The van der Waals surface area contributed by atoms with E-state index in [0.29, 0.717) is 5.25 Å². The predicted molar refractivity (Wildman–Crippen MR) is 52.2 cm³/mol. The number of hydrogen-bond acceptors (Lipinski definition) is 3. The van der Waals surface area contributed by atoms with E-state index in [1.165, 1.54) is 0 Å². The molecule has 1 aromatic heterocycles.